The fraction of sp³-hybridized carbons (Fsp3) is 0.133. The molecular weight excluding hydrogens is 332 g/mol. The second-order valence-electron chi connectivity index (χ2n) is 4.96. The van der Waals surface area contributed by atoms with Crippen LogP contribution in [0.3, 0.4) is 0 Å². The predicted octanol–water partition coefficient (Wildman–Crippen LogP) is 2.17. The van der Waals surface area contributed by atoms with Gasteiger partial charge in [0.15, 0.2) is 0 Å². The Bertz CT molecular complexity index is 987. The number of hydrogen-bond acceptors (Lipinski definition) is 7. The molecule has 0 saturated carbocycles. The Balaban J connectivity index is 1.92. The molecule has 0 spiro atoms. The summed E-state index contributed by atoms with van der Waals surface area (Å²) in [5.74, 6) is 0.428. The molecular formula is C15H12N4O4S. The summed E-state index contributed by atoms with van der Waals surface area (Å²) in [6.07, 6.45) is 4.00. The largest absolute Gasteiger partial charge is 0.472 e. The van der Waals surface area contributed by atoms with Crippen LogP contribution in [0.2, 0.25) is 0 Å². The van der Waals surface area contributed by atoms with Gasteiger partial charge < -0.3 is 8.94 Å². The molecule has 0 radical (unpaired) electrons. The van der Waals surface area contributed by atoms with E-state index in [4.69, 9.17) is 14.2 Å². The molecule has 0 unspecified atom stereocenters. The topological polar surface area (TPSA) is 113 Å². The minimum Gasteiger partial charge on any atom is -0.472 e. The maximum atomic E-state index is 12.1. The summed E-state index contributed by atoms with van der Waals surface area (Å²) in [4.78, 5) is 4.17. The van der Waals surface area contributed by atoms with Crippen molar-refractivity contribution in [1.29, 1.82) is 5.26 Å². The quantitative estimate of drug-likeness (QED) is 0.697. The molecule has 1 aromatic carbocycles. The molecule has 0 N–H and O–H groups in total. The van der Waals surface area contributed by atoms with Gasteiger partial charge >= 0.3 is 0 Å². The van der Waals surface area contributed by atoms with Crippen LogP contribution in [0.1, 0.15) is 11.5 Å². The highest BCUT2D eigenvalue weighted by molar-refractivity contribution is 7.92. The highest BCUT2D eigenvalue weighted by Gasteiger charge is 2.22. The first-order valence-corrected chi connectivity index (χ1v) is 8.65. The van der Waals surface area contributed by atoms with Crippen LogP contribution in [0.4, 0.5) is 5.69 Å². The third kappa shape index (κ3) is 3.28. The Morgan fingerprint density at radius 3 is 2.83 bits per heavy atom. The summed E-state index contributed by atoms with van der Waals surface area (Å²) in [6.45, 7) is -0.140. The number of hydrogen-bond donors (Lipinski definition) is 0. The lowest BCUT2D eigenvalue weighted by Crippen LogP contribution is -2.29. The summed E-state index contributed by atoms with van der Waals surface area (Å²) < 4.78 is 35.4. The average Bonchev–Trinajstić information content (AvgIpc) is 3.22. The summed E-state index contributed by atoms with van der Waals surface area (Å²) in [5.41, 5.74) is 1.33. The molecule has 0 bridgehead atoms. The van der Waals surface area contributed by atoms with E-state index < -0.39 is 10.0 Å². The van der Waals surface area contributed by atoms with E-state index in [9.17, 15) is 8.42 Å². The zero-order valence-corrected chi connectivity index (χ0v) is 13.4. The van der Waals surface area contributed by atoms with Crippen molar-refractivity contribution in [3.63, 3.8) is 0 Å². The highest BCUT2D eigenvalue weighted by Crippen LogP contribution is 2.22. The van der Waals surface area contributed by atoms with Crippen molar-refractivity contribution in [3.05, 3.63) is 54.3 Å². The molecule has 0 aliphatic carbocycles. The van der Waals surface area contributed by atoms with Gasteiger partial charge in [0.1, 0.15) is 12.8 Å². The number of furan rings is 1. The molecule has 0 amide bonds. The standard InChI is InChI=1S/C15H12N4O4S/c1-24(20,21)19(13-4-2-3-11(7-13)8-16)9-14-17-15(18-23-14)12-5-6-22-10-12/h2-7,10H,9H2,1H3. The van der Waals surface area contributed by atoms with Crippen molar-refractivity contribution in [3.8, 4) is 17.5 Å². The maximum Gasteiger partial charge on any atom is 0.247 e. The first kappa shape index (κ1) is 15.8. The van der Waals surface area contributed by atoms with Crippen LogP contribution >= 0.6 is 0 Å². The van der Waals surface area contributed by atoms with Crippen LogP contribution < -0.4 is 4.31 Å². The first-order chi connectivity index (χ1) is 11.5. The van der Waals surface area contributed by atoms with E-state index in [2.05, 4.69) is 10.1 Å². The smallest absolute Gasteiger partial charge is 0.247 e. The monoisotopic (exact) mass is 344 g/mol. The number of nitrogens with zero attached hydrogens (tertiary/aromatic N) is 4. The van der Waals surface area contributed by atoms with Crippen molar-refractivity contribution >= 4 is 15.7 Å². The van der Waals surface area contributed by atoms with Gasteiger partial charge in [-0.2, -0.15) is 10.2 Å². The van der Waals surface area contributed by atoms with Gasteiger partial charge in [0.25, 0.3) is 0 Å². The van der Waals surface area contributed by atoms with Gasteiger partial charge in [-0.15, -0.1) is 0 Å². The van der Waals surface area contributed by atoms with Crippen molar-refractivity contribution in [2.45, 2.75) is 6.54 Å². The average molecular weight is 344 g/mol. The van der Waals surface area contributed by atoms with Crippen molar-refractivity contribution in [2.75, 3.05) is 10.6 Å². The van der Waals surface area contributed by atoms with E-state index in [-0.39, 0.29) is 12.4 Å². The second-order valence-corrected chi connectivity index (χ2v) is 6.86. The predicted molar refractivity (Wildman–Crippen MR) is 84.2 cm³/mol. The molecule has 0 fully saturated rings. The molecule has 2 aromatic heterocycles. The molecule has 24 heavy (non-hydrogen) atoms. The Morgan fingerprint density at radius 2 is 2.17 bits per heavy atom. The molecule has 3 aromatic rings. The summed E-state index contributed by atoms with van der Waals surface area (Å²) in [6, 6.07) is 9.91. The zero-order chi connectivity index (χ0) is 17.2. The number of nitriles is 1. The van der Waals surface area contributed by atoms with E-state index in [1.165, 1.54) is 18.6 Å². The van der Waals surface area contributed by atoms with Crippen LogP contribution in [0, 0.1) is 11.3 Å². The SMILES string of the molecule is CS(=O)(=O)N(Cc1nc(-c2ccoc2)no1)c1cccc(C#N)c1. The van der Waals surface area contributed by atoms with Crippen LogP contribution in [-0.4, -0.2) is 24.8 Å². The number of aromatic nitrogens is 2. The Labute approximate surface area is 138 Å². The van der Waals surface area contributed by atoms with Gasteiger partial charge in [0.2, 0.25) is 21.7 Å². The van der Waals surface area contributed by atoms with Gasteiger partial charge in [-0.25, -0.2) is 8.42 Å². The molecule has 2 heterocycles. The van der Waals surface area contributed by atoms with Gasteiger partial charge in [0, 0.05) is 0 Å². The first-order valence-electron chi connectivity index (χ1n) is 6.80. The molecule has 8 nitrogen and oxygen atoms in total. The maximum absolute atomic E-state index is 12.1. The summed E-state index contributed by atoms with van der Waals surface area (Å²) >= 11 is 0. The van der Waals surface area contributed by atoms with E-state index in [0.29, 0.717) is 22.6 Å². The Hall–Kier alpha value is -3.12. The van der Waals surface area contributed by atoms with Gasteiger partial charge in [-0.05, 0) is 24.3 Å². The molecule has 0 atom stereocenters. The minimum atomic E-state index is -3.61. The van der Waals surface area contributed by atoms with E-state index in [0.717, 1.165) is 10.6 Å². The number of anilines is 1. The van der Waals surface area contributed by atoms with Crippen molar-refractivity contribution < 1.29 is 17.4 Å². The molecule has 0 aliphatic heterocycles. The Morgan fingerprint density at radius 1 is 1.33 bits per heavy atom. The van der Waals surface area contributed by atoms with E-state index in [1.807, 2.05) is 6.07 Å². The molecule has 122 valence electrons. The fourth-order valence-electron chi connectivity index (χ4n) is 2.08. The van der Waals surface area contributed by atoms with E-state index in [1.54, 1.807) is 24.3 Å². The van der Waals surface area contributed by atoms with Crippen LogP contribution in [0.25, 0.3) is 11.4 Å². The van der Waals surface area contributed by atoms with Gasteiger partial charge in [0.05, 0.1) is 35.4 Å². The molecule has 0 aliphatic rings. The third-order valence-corrected chi connectivity index (χ3v) is 4.33. The Kier molecular flexibility index (Phi) is 4.05. The van der Waals surface area contributed by atoms with Crippen LogP contribution in [-0.2, 0) is 16.6 Å². The lowest BCUT2D eigenvalue weighted by atomic mass is 10.2. The van der Waals surface area contributed by atoms with Crippen LogP contribution in [0.15, 0.2) is 51.8 Å². The number of sulfonamides is 1. The fourth-order valence-corrected chi connectivity index (χ4v) is 2.92. The normalized spacial score (nSPS) is 11.2. The summed E-state index contributed by atoms with van der Waals surface area (Å²) in [7, 11) is -3.61. The van der Waals surface area contributed by atoms with Crippen molar-refractivity contribution in [1.82, 2.24) is 10.1 Å². The lowest BCUT2D eigenvalue weighted by Gasteiger charge is -2.20. The lowest BCUT2D eigenvalue weighted by molar-refractivity contribution is 0.380. The number of rotatable bonds is 5. The second kappa shape index (κ2) is 6.17. The van der Waals surface area contributed by atoms with Gasteiger partial charge in [-0.1, -0.05) is 11.2 Å². The summed E-state index contributed by atoms with van der Waals surface area (Å²) in [5, 5.41) is 12.8. The van der Waals surface area contributed by atoms with E-state index >= 15 is 0 Å². The van der Waals surface area contributed by atoms with Crippen LogP contribution in [0.5, 0.6) is 0 Å². The number of benzene rings is 1. The highest BCUT2D eigenvalue weighted by atomic mass is 32.2. The zero-order valence-electron chi connectivity index (χ0n) is 12.6. The minimum absolute atomic E-state index is 0.124. The van der Waals surface area contributed by atoms with Gasteiger partial charge in [-0.3, -0.25) is 4.31 Å². The molecule has 0 saturated heterocycles. The molecule has 3 rings (SSSR count). The molecule has 9 heteroatoms. The third-order valence-electron chi connectivity index (χ3n) is 3.19. The van der Waals surface area contributed by atoms with Crippen molar-refractivity contribution in [2.24, 2.45) is 0 Å².